The van der Waals surface area contributed by atoms with E-state index < -0.39 is 0 Å². The van der Waals surface area contributed by atoms with Crippen molar-refractivity contribution in [1.82, 2.24) is 0 Å². The number of benzene rings is 3. The van der Waals surface area contributed by atoms with E-state index in [9.17, 15) is 0 Å². The van der Waals surface area contributed by atoms with Crippen LogP contribution in [0.4, 0.5) is 0 Å². The molecule has 0 aliphatic carbocycles. The normalized spacial score (nSPS) is 10.7. The summed E-state index contributed by atoms with van der Waals surface area (Å²) < 4.78 is 12.2. The van der Waals surface area contributed by atoms with Gasteiger partial charge in [-0.2, -0.15) is 0 Å². The molecule has 3 aromatic rings. The topological polar surface area (TPSA) is 70.5 Å². The molecule has 0 amide bonds. The molecule has 0 atom stereocenters. The van der Waals surface area contributed by atoms with Crippen LogP contribution < -0.4 is 33.3 Å². The molecular formula is C23H28B2N2O2. The fourth-order valence-electron chi connectivity index (χ4n) is 3.53. The lowest BCUT2D eigenvalue weighted by molar-refractivity contribution is 0.344. The predicted molar refractivity (Wildman–Crippen MR) is 124 cm³/mol. The Labute approximate surface area is 174 Å². The van der Waals surface area contributed by atoms with E-state index in [2.05, 4.69) is 49.4 Å². The highest BCUT2D eigenvalue weighted by atomic mass is 16.4. The van der Waals surface area contributed by atoms with Gasteiger partial charge in [0.25, 0.3) is 0 Å². The molecule has 3 rings (SSSR count). The van der Waals surface area contributed by atoms with Crippen molar-refractivity contribution >= 4 is 35.7 Å². The van der Waals surface area contributed by atoms with E-state index >= 15 is 0 Å². The third kappa shape index (κ3) is 5.58. The molecule has 6 heteroatoms. The van der Waals surface area contributed by atoms with Crippen LogP contribution in [0.5, 0.6) is 0 Å². The first-order valence-corrected chi connectivity index (χ1v) is 10.1. The first-order valence-electron chi connectivity index (χ1n) is 10.1. The maximum atomic E-state index is 6.12. The summed E-state index contributed by atoms with van der Waals surface area (Å²) in [5, 5.41) is 0. The quantitative estimate of drug-likeness (QED) is 0.487. The maximum absolute atomic E-state index is 6.12. The van der Waals surface area contributed by atoms with Gasteiger partial charge in [-0.15, -0.1) is 0 Å². The van der Waals surface area contributed by atoms with Crippen LogP contribution in [0.2, 0.25) is 0 Å². The Morgan fingerprint density at radius 2 is 1.17 bits per heavy atom. The van der Waals surface area contributed by atoms with Crippen LogP contribution in [0.25, 0.3) is 0 Å². The van der Waals surface area contributed by atoms with Gasteiger partial charge in [-0.05, 0) is 28.8 Å². The summed E-state index contributed by atoms with van der Waals surface area (Å²) in [6.07, 6.45) is 0. The van der Waals surface area contributed by atoms with Gasteiger partial charge in [0.1, 0.15) is 0 Å². The first-order chi connectivity index (χ1) is 14.2. The molecule has 0 fully saturated rings. The minimum atomic E-state index is -0.146. The Bertz CT molecular complexity index is 879. The zero-order chi connectivity index (χ0) is 20.5. The van der Waals surface area contributed by atoms with E-state index in [1.54, 1.807) is 0 Å². The fourth-order valence-corrected chi connectivity index (χ4v) is 3.53. The number of aryl methyl sites for hydroxylation is 1. The molecule has 0 aliphatic rings. The highest BCUT2D eigenvalue weighted by Crippen LogP contribution is 2.02. The second-order valence-corrected chi connectivity index (χ2v) is 7.02. The summed E-state index contributed by atoms with van der Waals surface area (Å²) in [6.45, 7) is 3.82. The van der Waals surface area contributed by atoms with Crippen molar-refractivity contribution < 1.29 is 9.31 Å². The van der Waals surface area contributed by atoms with Gasteiger partial charge in [-0.1, -0.05) is 84.4 Å². The highest BCUT2D eigenvalue weighted by molar-refractivity contribution is 6.82. The number of hydrogen-bond acceptors (Lipinski definition) is 4. The van der Waals surface area contributed by atoms with Crippen molar-refractivity contribution in [2.45, 2.75) is 6.92 Å². The van der Waals surface area contributed by atoms with Crippen LogP contribution in [0.1, 0.15) is 5.56 Å². The molecule has 3 aromatic carbocycles. The molecule has 0 heterocycles. The highest BCUT2D eigenvalue weighted by Gasteiger charge is 2.26. The van der Waals surface area contributed by atoms with Crippen molar-refractivity contribution in [1.29, 1.82) is 0 Å². The largest absolute Gasteiger partial charge is 0.426 e. The van der Waals surface area contributed by atoms with Crippen LogP contribution in [0.3, 0.4) is 0 Å². The molecular weight excluding hydrogens is 358 g/mol. The predicted octanol–water partition coefficient (Wildman–Crippen LogP) is 0.157. The van der Waals surface area contributed by atoms with Crippen LogP contribution in [-0.2, 0) is 9.31 Å². The second-order valence-electron chi connectivity index (χ2n) is 7.02. The number of rotatable bonds is 10. The van der Waals surface area contributed by atoms with E-state index in [0.717, 1.165) is 27.4 Å². The van der Waals surface area contributed by atoms with Gasteiger partial charge in [-0.25, -0.2) is 0 Å². The number of nitrogens with two attached hydrogens (primary N) is 2. The second kappa shape index (κ2) is 11.0. The zero-order valence-corrected chi connectivity index (χ0v) is 17.0. The number of hydrogen-bond donors (Lipinski definition) is 2. The molecule has 0 aromatic heterocycles. The molecule has 0 radical (unpaired) electrons. The van der Waals surface area contributed by atoms with Gasteiger partial charge in [-0.3, -0.25) is 0 Å². The van der Waals surface area contributed by atoms with Crippen LogP contribution >= 0.6 is 0 Å². The third-order valence-electron chi connectivity index (χ3n) is 4.89. The van der Waals surface area contributed by atoms with E-state index in [0.29, 0.717) is 26.3 Å². The molecule has 0 spiro atoms. The van der Waals surface area contributed by atoms with Crippen molar-refractivity contribution in [2.24, 2.45) is 11.5 Å². The molecule has 0 aliphatic heterocycles. The fraction of sp³-hybridized carbons (Fsp3) is 0.217. The van der Waals surface area contributed by atoms with Crippen molar-refractivity contribution in [3.05, 3.63) is 84.4 Å². The summed E-state index contributed by atoms with van der Waals surface area (Å²) in [5.41, 5.74) is 17.0. The summed E-state index contributed by atoms with van der Waals surface area (Å²) in [4.78, 5) is 0. The zero-order valence-electron chi connectivity index (χ0n) is 17.0. The van der Waals surface area contributed by atoms with Gasteiger partial charge >= 0.3 is 13.8 Å². The van der Waals surface area contributed by atoms with E-state index in [1.807, 2.05) is 36.4 Å². The van der Waals surface area contributed by atoms with Crippen LogP contribution in [0, 0.1) is 6.92 Å². The smallest absolute Gasteiger partial charge is 0.361 e. The monoisotopic (exact) mass is 386 g/mol. The summed E-state index contributed by atoms with van der Waals surface area (Å²) in [5.74, 6) is 0. The lowest BCUT2D eigenvalue weighted by atomic mass is 9.51. The van der Waals surface area contributed by atoms with Crippen LogP contribution in [0.15, 0.2) is 78.9 Å². The average molecular weight is 386 g/mol. The molecule has 148 valence electrons. The van der Waals surface area contributed by atoms with Gasteiger partial charge in [0.15, 0.2) is 0 Å². The SMILES string of the molecule is Cc1cc(B(OCCN)c2ccccc2)ccc1B(OCCN)c1ccccc1. The molecule has 0 unspecified atom stereocenters. The van der Waals surface area contributed by atoms with Gasteiger partial charge in [0.2, 0.25) is 0 Å². The molecule has 29 heavy (non-hydrogen) atoms. The van der Waals surface area contributed by atoms with E-state index in [4.69, 9.17) is 20.8 Å². The molecule has 0 saturated carbocycles. The van der Waals surface area contributed by atoms with Crippen molar-refractivity contribution in [3.63, 3.8) is 0 Å². The standard InChI is InChI=1S/C23H28B2N2O2/c1-19-18-22(24(28-16-14-26)20-8-4-2-5-9-20)12-13-23(19)25(29-17-15-27)21-10-6-3-7-11-21/h2-13,18H,14-17,26-27H2,1H3. The minimum absolute atomic E-state index is 0.145. The summed E-state index contributed by atoms with van der Waals surface area (Å²) in [6, 6.07) is 26.9. The van der Waals surface area contributed by atoms with Crippen molar-refractivity contribution in [2.75, 3.05) is 26.3 Å². The summed E-state index contributed by atoms with van der Waals surface area (Å²) >= 11 is 0. The average Bonchev–Trinajstić information content (AvgIpc) is 2.77. The van der Waals surface area contributed by atoms with Crippen LogP contribution in [-0.4, -0.2) is 40.1 Å². The summed E-state index contributed by atoms with van der Waals surface area (Å²) in [7, 11) is 0. The maximum Gasteiger partial charge on any atom is 0.361 e. The first kappa shape index (κ1) is 21.3. The van der Waals surface area contributed by atoms with Gasteiger partial charge < -0.3 is 20.8 Å². The Hall–Kier alpha value is -2.37. The van der Waals surface area contributed by atoms with Crippen molar-refractivity contribution in [3.8, 4) is 0 Å². The Morgan fingerprint density at radius 3 is 1.69 bits per heavy atom. The lowest BCUT2D eigenvalue weighted by Gasteiger charge is -2.20. The Kier molecular flexibility index (Phi) is 8.08. The Morgan fingerprint density at radius 1 is 0.655 bits per heavy atom. The molecule has 0 bridgehead atoms. The van der Waals surface area contributed by atoms with E-state index in [-0.39, 0.29) is 13.8 Å². The minimum Gasteiger partial charge on any atom is -0.426 e. The molecule has 4 nitrogen and oxygen atoms in total. The Balaban J connectivity index is 1.94. The van der Waals surface area contributed by atoms with E-state index in [1.165, 1.54) is 0 Å². The third-order valence-corrected chi connectivity index (χ3v) is 4.89. The molecule has 0 saturated heterocycles. The molecule has 4 N–H and O–H groups in total. The van der Waals surface area contributed by atoms with Gasteiger partial charge in [0, 0.05) is 26.3 Å². The lowest BCUT2D eigenvalue weighted by Crippen LogP contribution is -2.50. The van der Waals surface area contributed by atoms with Gasteiger partial charge in [0.05, 0.1) is 0 Å².